The van der Waals surface area contributed by atoms with Crippen LogP contribution in [0.3, 0.4) is 0 Å². The average Bonchev–Trinajstić information content (AvgIpc) is 3.85. The summed E-state index contributed by atoms with van der Waals surface area (Å²) in [6.45, 7) is 3.72. The molecule has 0 aliphatic rings. The van der Waals surface area contributed by atoms with E-state index in [-0.39, 0.29) is 24.4 Å². The lowest BCUT2D eigenvalue weighted by molar-refractivity contribution is 0.0594. The number of nitrogens with zero attached hydrogens (tertiary/aromatic N) is 8. The summed E-state index contributed by atoms with van der Waals surface area (Å²) in [7, 11) is 1.33. The summed E-state index contributed by atoms with van der Waals surface area (Å²) in [5.74, 6) is 0.712. The Balaban J connectivity index is 0.000000167. The van der Waals surface area contributed by atoms with Crippen molar-refractivity contribution in [1.29, 1.82) is 0 Å². The maximum Gasteiger partial charge on any atom is 0.356 e. The summed E-state index contributed by atoms with van der Waals surface area (Å²) in [5.41, 5.74) is 19.9. The van der Waals surface area contributed by atoms with E-state index in [0.717, 1.165) is 55.7 Å². The number of aromatic nitrogens is 8. The number of hydrogen-bond donors (Lipinski definition) is 3. The minimum absolute atomic E-state index is 0.105. The third-order valence-corrected chi connectivity index (χ3v) is 8.72. The van der Waals surface area contributed by atoms with Gasteiger partial charge in [-0.05, 0) is 74.5 Å². The van der Waals surface area contributed by atoms with Crippen molar-refractivity contribution in [3.8, 4) is 34.2 Å². The number of benzene rings is 2. The molecule has 0 aliphatic carbocycles. The zero-order valence-corrected chi connectivity index (χ0v) is 29.9. The average molecular weight is 719 g/mol. The monoisotopic (exact) mass is 718 g/mol. The number of aliphatic hydroxyl groups is 1. The maximum absolute atomic E-state index is 11.8. The minimum atomic E-state index is -0.490. The molecule has 2 atom stereocenters. The number of carbonyl (C=O) groups is 1. The van der Waals surface area contributed by atoms with Crippen molar-refractivity contribution in [1.82, 2.24) is 39.5 Å². The first-order valence-corrected chi connectivity index (χ1v) is 17.3. The number of hydrogen-bond acceptors (Lipinski definition) is 11. The van der Waals surface area contributed by atoms with Crippen molar-refractivity contribution in [2.24, 2.45) is 11.5 Å². The van der Waals surface area contributed by atoms with Crippen LogP contribution in [0.5, 0.6) is 0 Å². The molecule has 8 aromatic rings. The normalized spacial score (nSPS) is 12.3. The summed E-state index contributed by atoms with van der Waals surface area (Å²) in [6, 6.07) is 34.2. The van der Waals surface area contributed by atoms with Gasteiger partial charge in [0, 0.05) is 34.0 Å². The first kappa shape index (κ1) is 35.7. The minimum Gasteiger partial charge on any atom is -0.464 e. The highest BCUT2D eigenvalue weighted by molar-refractivity contribution is 5.88. The van der Waals surface area contributed by atoms with Gasteiger partial charge in [0.15, 0.2) is 17.3 Å². The van der Waals surface area contributed by atoms with Crippen LogP contribution >= 0.6 is 0 Å². The zero-order valence-electron chi connectivity index (χ0n) is 29.9. The highest BCUT2D eigenvalue weighted by Gasteiger charge is 2.14. The van der Waals surface area contributed by atoms with Gasteiger partial charge in [-0.3, -0.25) is 9.97 Å². The lowest BCUT2D eigenvalue weighted by atomic mass is 10.1. The van der Waals surface area contributed by atoms with E-state index in [9.17, 15) is 9.90 Å². The van der Waals surface area contributed by atoms with Crippen LogP contribution in [0.4, 0.5) is 0 Å². The van der Waals surface area contributed by atoms with Crippen molar-refractivity contribution in [2.75, 3.05) is 7.11 Å². The van der Waals surface area contributed by atoms with Gasteiger partial charge in [0.2, 0.25) is 0 Å². The van der Waals surface area contributed by atoms with Crippen LogP contribution in [0.1, 0.15) is 53.5 Å². The fraction of sp³-hybridized carbons (Fsp3) is 0.146. The molecule has 13 nitrogen and oxygen atoms in total. The third kappa shape index (κ3) is 7.45. The Labute approximate surface area is 310 Å². The molecule has 0 bridgehead atoms. The number of esters is 1. The van der Waals surface area contributed by atoms with Crippen molar-refractivity contribution in [3.63, 3.8) is 0 Å². The summed E-state index contributed by atoms with van der Waals surface area (Å²) in [6.07, 6.45) is 3.57. The summed E-state index contributed by atoms with van der Waals surface area (Å²) >= 11 is 0. The second-order valence-electron chi connectivity index (χ2n) is 12.7. The van der Waals surface area contributed by atoms with E-state index in [1.165, 1.54) is 7.11 Å². The first-order chi connectivity index (χ1) is 26.2. The van der Waals surface area contributed by atoms with Gasteiger partial charge in [-0.25, -0.2) is 24.1 Å². The Morgan fingerprint density at radius 2 is 1.17 bits per heavy atom. The predicted molar refractivity (Wildman–Crippen MR) is 207 cm³/mol. The molecule has 0 fully saturated rings. The molecule has 0 spiro atoms. The standard InChI is InChI=1S/C21H19N5O2.C20H19N5O/c1-13(22)16-5-3-6-17(24-16)14-9-10-15-12-23-26(19(15)11-14)20-8-4-7-18(25-20)21(27)28-2;1-13(21)17-5-3-6-18(24-17)14-8-9-15-11-22-25(19(15)10-14)20-7-2-4-16(12-26)23-20/h3-13H,22H2,1-2H3;2-11,13,26H,12,21H2,1H3. The van der Waals surface area contributed by atoms with Crippen LogP contribution in [0, 0.1) is 0 Å². The molecule has 270 valence electrons. The van der Waals surface area contributed by atoms with E-state index >= 15 is 0 Å². The van der Waals surface area contributed by atoms with Gasteiger partial charge in [-0.2, -0.15) is 10.2 Å². The Morgan fingerprint density at radius 3 is 1.67 bits per heavy atom. The SMILES string of the molecule is CC(N)c1cccc(-c2ccc3cnn(-c4cccc(CO)n4)c3c2)n1.COC(=O)c1cccc(-n2ncc3ccc(-c4cccc(C(C)N)n4)cc32)n1. The number of carbonyl (C=O) groups excluding carboxylic acids is 1. The number of ether oxygens (including phenoxy) is 1. The van der Waals surface area contributed by atoms with Gasteiger partial charge in [-0.15, -0.1) is 0 Å². The van der Waals surface area contributed by atoms with Crippen molar-refractivity contribution >= 4 is 27.8 Å². The number of pyridine rings is 4. The Morgan fingerprint density at radius 1 is 0.667 bits per heavy atom. The van der Waals surface area contributed by atoms with Gasteiger partial charge in [0.25, 0.3) is 0 Å². The van der Waals surface area contributed by atoms with Crippen LogP contribution in [-0.4, -0.2) is 57.7 Å². The molecular weight excluding hydrogens is 681 g/mol. The first-order valence-electron chi connectivity index (χ1n) is 17.3. The maximum atomic E-state index is 11.8. The van der Waals surface area contributed by atoms with E-state index in [2.05, 4.69) is 30.1 Å². The smallest absolute Gasteiger partial charge is 0.356 e. The summed E-state index contributed by atoms with van der Waals surface area (Å²) in [4.78, 5) is 29.9. The number of methoxy groups -OCH3 is 1. The molecule has 2 aromatic carbocycles. The second-order valence-corrected chi connectivity index (χ2v) is 12.7. The number of rotatable bonds is 8. The molecule has 13 heteroatoms. The molecule has 54 heavy (non-hydrogen) atoms. The molecule has 6 heterocycles. The Hall–Kier alpha value is -6.67. The molecule has 0 aliphatic heterocycles. The zero-order chi connectivity index (χ0) is 37.8. The fourth-order valence-electron chi connectivity index (χ4n) is 5.88. The van der Waals surface area contributed by atoms with Gasteiger partial charge in [-0.1, -0.05) is 48.5 Å². The van der Waals surface area contributed by atoms with E-state index in [4.69, 9.17) is 16.2 Å². The Bertz CT molecular complexity index is 2600. The molecule has 0 saturated heterocycles. The van der Waals surface area contributed by atoms with E-state index < -0.39 is 5.97 Å². The molecule has 2 unspecified atom stereocenters. The van der Waals surface area contributed by atoms with Gasteiger partial charge in [0.1, 0.15) is 0 Å². The number of fused-ring (bicyclic) bond motifs is 2. The number of aliphatic hydroxyl groups excluding tert-OH is 1. The van der Waals surface area contributed by atoms with Crippen LogP contribution in [0.25, 0.3) is 56.0 Å². The molecule has 6 aromatic heterocycles. The molecule has 8 rings (SSSR count). The highest BCUT2D eigenvalue weighted by atomic mass is 16.5. The van der Waals surface area contributed by atoms with Crippen LogP contribution in [-0.2, 0) is 11.3 Å². The van der Waals surface area contributed by atoms with Crippen LogP contribution in [0.2, 0.25) is 0 Å². The fourth-order valence-corrected chi connectivity index (χ4v) is 5.88. The molecule has 0 saturated carbocycles. The largest absolute Gasteiger partial charge is 0.464 e. The Kier molecular flexibility index (Phi) is 10.3. The quantitative estimate of drug-likeness (QED) is 0.150. The lowest BCUT2D eigenvalue weighted by Crippen LogP contribution is -2.08. The summed E-state index contributed by atoms with van der Waals surface area (Å²) < 4.78 is 8.22. The molecule has 0 amide bonds. The molecule has 5 N–H and O–H groups in total. The predicted octanol–water partition coefficient (Wildman–Crippen LogP) is 6.28. The lowest BCUT2D eigenvalue weighted by Gasteiger charge is -2.08. The topological polar surface area (TPSA) is 186 Å². The molecule has 0 radical (unpaired) electrons. The van der Waals surface area contributed by atoms with Crippen LogP contribution in [0.15, 0.2) is 122 Å². The van der Waals surface area contributed by atoms with Crippen molar-refractivity contribution in [3.05, 3.63) is 144 Å². The summed E-state index contributed by atoms with van der Waals surface area (Å²) in [5, 5.41) is 20.2. The third-order valence-electron chi connectivity index (χ3n) is 8.72. The highest BCUT2D eigenvalue weighted by Crippen LogP contribution is 2.27. The van der Waals surface area contributed by atoms with Crippen LogP contribution < -0.4 is 11.5 Å². The number of nitrogens with two attached hydrogens (primary N) is 2. The second kappa shape index (κ2) is 15.5. The van der Waals surface area contributed by atoms with Gasteiger partial charge < -0.3 is 21.3 Å². The molecular formula is C41H38N10O3. The van der Waals surface area contributed by atoms with E-state index in [1.54, 1.807) is 46.0 Å². The van der Waals surface area contributed by atoms with Gasteiger partial charge >= 0.3 is 5.97 Å². The van der Waals surface area contributed by atoms with Crippen molar-refractivity contribution in [2.45, 2.75) is 32.5 Å². The van der Waals surface area contributed by atoms with Gasteiger partial charge in [0.05, 0.1) is 65.6 Å². The van der Waals surface area contributed by atoms with E-state index in [1.807, 2.05) is 98.8 Å². The van der Waals surface area contributed by atoms with E-state index in [0.29, 0.717) is 17.3 Å². The van der Waals surface area contributed by atoms with Crippen molar-refractivity contribution < 1.29 is 14.6 Å².